The highest BCUT2D eigenvalue weighted by atomic mass is 127. The van der Waals surface area contributed by atoms with Crippen LogP contribution in [0.3, 0.4) is 0 Å². The molecule has 0 aliphatic rings. The van der Waals surface area contributed by atoms with Gasteiger partial charge < -0.3 is 0 Å². The maximum Gasteiger partial charge on any atom is 0.264 e. The molecule has 0 spiro atoms. The van der Waals surface area contributed by atoms with E-state index >= 15 is 0 Å². The monoisotopic (exact) mass is 386 g/mol. The van der Waals surface area contributed by atoms with Crippen LogP contribution in [0.5, 0.6) is 0 Å². The summed E-state index contributed by atoms with van der Waals surface area (Å²) < 4.78 is 25.8. The predicted octanol–water partition coefficient (Wildman–Crippen LogP) is 3.58. The summed E-state index contributed by atoms with van der Waals surface area (Å²) in [6, 6.07) is 3.27. The highest BCUT2D eigenvalue weighted by molar-refractivity contribution is 14.1. The summed E-state index contributed by atoms with van der Waals surface area (Å²) in [5, 5.41) is 8.85. The summed E-state index contributed by atoms with van der Waals surface area (Å²) in [5.74, 6) is 0. The molecule has 0 aliphatic carbocycles. The van der Waals surface area contributed by atoms with Crippen molar-refractivity contribution in [3.8, 4) is 6.07 Å². The first-order valence-electron chi connectivity index (χ1n) is 3.99. The molecule has 0 radical (unpaired) electrons. The second-order valence-corrected chi connectivity index (χ2v) is 4.39. The van der Waals surface area contributed by atoms with Crippen LogP contribution in [-0.2, 0) is 11.8 Å². The summed E-state index contributed by atoms with van der Waals surface area (Å²) in [6.45, 7) is 0. The second-order valence-electron chi connectivity index (χ2n) is 2.73. The Bertz CT molecular complexity index is 404. The van der Waals surface area contributed by atoms with Crippen molar-refractivity contribution in [1.82, 2.24) is 4.98 Å². The van der Waals surface area contributed by atoms with Gasteiger partial charge in [-0.15, -0.1) is 0 Å². The molecule has 2 nitrogen and oxygen atoms in total. The Morgan fingerprint density at radius 2 is 2.27 bits per heavy atom. The van der Waals surface area contributed by atoms with Crippen LogP contribution in [0.2, 0.25) is 0 Å². The minimum Gasteiger partial charge on any atom is -0.245 e. The van der Waals surface area contributed by atoms with Crippen LogP contribution >= 0.6 is 38.5 Å². The number of nitriles is 1. The lowest BCUT2D eigenvalue weighted by atomic mass is 10.1. The zero-order valence-corrected chi connectivity index (χ0v) is 11.2. The van der Waals surface area contributed by atoms with Gasteiger partial charge in [0.15, 0.2) is 0 Å². The summed E-state index contributed by atoms with van der Waals surface area (Å²) in [6.07, 6.45) is -2.48. The van der Waals surface area contributed by atoms with Gasteiger partial charge in [-0.05, 0) is 34.2 Å². The largest absolute Gasteiger partial charge is 0.264 e. The van der Waals surface area contributed by atoms with Crippen molar-refractivity contribution in [3.05, 3.63) is 26.6 Å². The summed E-state index contributed by atoms with van der Waals surface area (Å²) >= 11 is 5.00. The molecule has 0 fully saturated rings. The Balaban J connectivity index is 3.33. The van der Waals surface area contributed by atoms with Crippen molar-refractivity contribution in [1.29, 1.82) is 5.26 Å². The average molecular weight is 387 g/mol. The van der Waals surface area contributed by atoms with Crippen molar-refractivity contribution in [2.24, 2.45) is 0 Å². The van der Waals surface area contributed by atoms with Crippen LogP contribution in [0, 0.1) is 15.0 Å². The molecule has 1 aromatic rings. The summed E-state index contributed by atoms with van der Waals surface area (Å²) in [5.41, 5.74) is 0.806. The molecule has 80 valence electrons. The molecule has 1 heterocycles. The molecule has 0 bridgehead atoms. The molecule has 0 N–H and O–H groups in total. The topological polar surface area (TPSA) is 36.7 Å². The zero-order valence-electron chi connectivity index (χ0n) is 7.48. The fourth-order valence-electron chi connectivity index (χ4n) is 1.18. The molecule has 0 saturated heterocycles. The van der Waals surface area contributed by atoms with Crippen LogP contribution in [0.15, 0.2) is 6.07 Å². The van der Waals surface area contributed by atoms with Gasteiger partial charge in [0.2, 0.25) is 0 Å². The molecular formula is C9H6BrF2IN2. The Morgan fingerprint density at radius 3 is 2.73 bits per heavy atom. The van der Waals surface area contributed by atoms with Gasteiger partial charge >= 0.3 is 0 Å². The number of aromatic nitrogens is 1. The van der Waals surface area contributed by atoms with Crippen molar-refractivity contribution in [2.45, 2.75) is 18.2 Å². The van der Waals surface area contributed by atoms with Crippen LogP contribution in [-0.4, -0.2) is 4.98 Å². The first-order valence-corrected chi connectivity index (χ1v) is 6.19. The smallest absolute Gasteiger partial charge is 0.245 e. The SMILES string of the molecule is N#CCc1nc(I)cc(C(F)F)c1CBr. The fraction of sp³-hybridized carbons (Fsp3) is 0.333. The standard InChI is InChI=1S/C9H6BrF2IN2/c10-4-6-5(9(11)12)3-8(13)15-7(6)1-2-14/h3,9H,1,4H2. The lowest BCUT2D eigenvalue weighted by molar-refractivity contribution is 0.150. The van der Waals surface area contributed by atoms with E-state index in [-0.39, 0.29) is 17.3 Å². The zero-order chi connectivity index (χ0) is 11.4. The number of hydrogen-bond acceptors (Lipinski definition) is 2. The highest BCUT2D eigenvalue weighted by Crippen LogP contribution is 2.28. The minimum absolute atomic E-state index is 0.0449. The number of rotatable bonds is 3. The molecule has 15 heavy (non-hydrogen) atoms. The molecule has 0 saturated carbocycles. The van der Waals surface area contributed by atoms with Gasteiger partial charge in [-0.25, -0.2) is 13.8 Å². The molecule has 1 aromatic heterocycles. The second kappa shape index (κ2) is 5.70. The van der Waals surface area contributed by atoms with Gasteiger partial charge in [-0.3, -0.25) is 0 Å². The lowest BCUT2D eigenvalue weighted by Gasteiger charge is -2.10. The van der Waals surface area contributed by atoms with Crippen LogP contribution in [0.1, 0.15) is 23.2 Å². The normalized spacial score (nSPS) is 10.4. The van der Waals surface area contributed by atoms with E-state index in [4.69, 9.17) is 5.26 Å². The van der Waals surface area contributed by atoms with Gasteiger partial charge in [0, 0.05) is 10.9 Å². The maximum absolute atomic E-state index is 12.7. The Kier molecular flexibility index (Phi) is 4.86. The molecule has 0 amide bonds. The number of hydrogen-bond donors (Lipinski definition) is 0. The third kappa shape index (κ3) is 3.08. The van der Waals surface area contributed by atoms with Crippen LogP contribution in [0.4, 0.5) is 8.78 Å². The molecule has 1 rings (SSSR count). The average Bonchev–Trinajstić information content (AvgIpc) is 2.17. The molecule has 6 heteroatoms. The predicted molar refractivity (Wildman–Crippen MR) is 63.9 cm³/mol. The van der Waals surface area contributed by atoms with Gasteiger partial charge in [0.25, 0.3) is 6.43 Å². The van der Waals surface area contributed by atoms with Crippen molar-refractivity contribution < 1.29 is 8.78 Å². The van der Waals surface area contributed by atoms with E-state index in [1.165, 1.54) is 6.07 Å². The quantitative estimate of drug-likeness (QED) is 0.452. The molecule has 0 atom stereocenters. The Hall–Kier alpha value is -0.290. The first-order chi connectivity index (χ1) is 7.10. The molecule has 0 unspecified atom stereocenters. The number of nitrogens with zero attached hydrogens (tertiary/aromatic N) is 2. The van der Waals surface area contributed by atoms with E-state index in [2.05, 4.69) is 20.9 Å². The van der Waals surface area contributed by atoms with Crippen molar-refractivity contribution in [2.75, 3.05) is 0 Å². The van der Waals surface area contributed by atoms with E-state index < -0.39 is 6.43 Å². The number of pyridine rings is 1. The fourth-order valence-corrected chi connectivity index (χ4v) is 2.45. The van der Waals surface area contributed by atoms with E-state index in [1.54, 1.807) is 0 Å². The van der Waals surface area contributed by atoms with E-state index in [0.29, 0.717) is 15.0 Å². The third-order valence-electron chi connectivity index (χ3n) is 1.83. The Labute approximate surface area is 108 Å². The van der Waals surface area contributed by atoms with E-state index in [0.717, 1.165) is 0 Å². The van der Waals surface area contributed by atoms with Gasteiger partial charge in [-0.1, -0.05) is 15.9 Å². The molecule has 0 aromatic carbocycles. The summed E-state index contributed by atoms with van der Waals surface area (Å²) in [4.78, 5) is 4.08. The first kappa shape index (κ1) is 12.8. The van der Waals surface area contributed by atoms with Crippen LogP contribution in [0.25, 0.3) is 0 Å². The Morgan fingerprint density at radius 1 is 1.60 bits per heavy atom. The minimum atomic E-state index is -2.54. The van der Waals surface area contributed by atoms with Crippen molar-refractivity contribution >= 4 is 38.5 Å². The molecular weight excluding hydrogens is 381 g/mol. The van der Waals surface area contributed by atoms with Gasteiger partial charge in [0.05, 0.1) is 18.2 Å². The maximum atomic E-state index is 12.7. The summed E-state index contributed by atoms with van der Waals surface area (Å²) in [7, 11) is 0. The van der Waals surface area contributed by atoms with E-state index in [1.807, 2.05) is 28.7 Å². The highest BCUT2D eigenvalue weighted by Gasteiger charge is 2.17. The number of alkyl halides is 3. The lowest BCUT2D eigenvalue weighted by Crippen LogP contribution is -2.03. The number of halogens is 4. The van der Waals surface area contributed by atoms with Gasteiger partial charge in [-0.2, -0.15) is 5.26 Å². The van der Waals surface area contributed by atoms with E-state index in [9.17, 15) is 8.78 Å². The van der Waals surface area contributed by atoms with Crippen LogP contribution < -0.4 is 0 Å². The third-order valence-corrected chi connectivity index (χ3v) is 2.94. The molecule has 0 aliphatic heterocycles. The van der Waals surface area contributed by atoms with Gasteiger partial charge in [0.1, 0.15) is 3.70 Å². The van der Waals surface area contributed by atoms with Crippen molar-refractivity contribution in [3.63, 3.8) is 0 Å².